The molecule has 0 spiro atoms. The number of rotatable bonds is 3. The molecular weight excluding hydrogens is 292 g/mol. The third-order valence-electron chi connectivity index (χ3n) is 6.42. The molecule has 6 heteroatoms. The van der Waals surface area contributed by atoms with Crippen LogP contribution in [0.2, 0.25) is 0 Å². The number of fused-ring (bicyclic) bond motifs is 1. The summed E-state index contributed by atoms with van der Waals surface area (Å²) in [6.45, 7) is 8.39. The lowest BCUT2D eigenvalue weighted by Crippen LogP contribution is -2.62. The van der Waals surface area contributed by atoms with Crippen LogP contribution in [-0.4, -0.2) is 66.4 Å². The first-order valence-corrected chi connectivity index (χ1v) is 8.93. The van der Waals surface area contributed by atoms with Crippen LogP contribution in [0.25, 0.3) is 0 Å². The quantitative estimate of drug-likeness (QED) is 0.777. The molecule has 23 heavy (non-hydrogen) atoms. The molecule has 2 aliphatic heterocycles. The highest BCUT2D eigenvalue weighted by molar-refractivity contribution is 5.85. The Morgan fingerprint density at radius 3 is 2.52 bits per heavy atom. The zero-order valence-electron chi connectivity index (χ0n) is 14.4. The van der Waals surface area contributed by atoms with E-state index in [1.54, 1.807) is 0 Å². The van der Waals surface area contributed by atoms with E-state index < -0.39 is 5.54 Å². The van der Waals surface area contributed by atoms with E-state index in [9.17, 15) is 9.59 Å². The second-order valence-electron chi connectivity index (χ2n) is 7.93. The van der Waals surface area contributed by atoms with Gasteiger partial charge in [-0.15, -0.1) is 0 Å². The van der Waals surface area contributed by atoms with Crippen molar-refractivity contribution in [3.63, 3.8) is 0 Å². The van der Waals surface area contributed by atoms with Gasteiger partial charge in [0, 0.05) is 32.7 Å². The fourth-order valence-corrected chi connectivity index (χ4v) is 4.61. The molecule has 0 aromatic heterocycles. The summed E-state index contributed by atoms with van der Waals surface area (Å²) in [4.78, 5) is 29.0. The summed E-state index contributed by atoms with van der Waals surface area (Å²) >= 11 is 0. The number of hydrogen-bond donors (Lipinski definition) is 2. The number of nitrogens with one attached hydrogen (secondary N) is 1. The molecule has 0 aromatic carbocycles. The maximum Gasteiger partial charge on any atom is 0.237 e. The van der Waals surface area contributed by atoms with Crippen molar-refractivity contribution in [2.45, 2.75) is 45.1 Å². The lowest BCUT2D eigenvalue weighted by Gasteiger charge is -2.46. The molecule has 2 saturated heterocycles. The summed E-state index contributed by atoms with van der Waals surface area (Å²) in [6, 6.07) is 0. The largest absolute Gasteiger partial charge is 0.368 e. The molecule has 0 radical (unpaired) electrons. The van der Waals surface area contributed by atoms with Crippen molar-refractivity contribution in [1.29, 1.82) is 0 Å². The van der Waals surface area contributed by atoms with E-state index in [0.717, 1.165) is 32.6 Å². The molecule has 2 amide bonds. The number of primary amides is 1. The van der Waals surface area contributed by atoms with E-state index in [4.69, 9.17) is 5.73 Å². The fraction of sp³-hybridized carbons (Fsp3) is 0.882. The number of nitrogens with zero attached hydrogens (tertiary/aromatic N) is 2. The Hall–Kier alpha value is -1.14. The average Bonchev–Trinajstić information content (AvgIpc) is 2.99. The Morgan fingerprint density at radius 1 is 1.17 bits per heavy atom. The van der Waals surface area contributed by atoms with Crippen LogP contribution in [0, 0.1) is 11.3 Å². The molecule has 3 fully saturated rings. The highest BCUT2D eigenvalue weighted by Crippen LogP contribution is 2.45. The minimum Gasteiger partial charge on any atom is -0.368 e. The summed E-state index contributed by atoms with van der Waals surface area (Å²) in [5.74, 6) is 0.538. The molecule has 3 N–H and O–H groups in total. The zero-order valence-corrected chi connectivity index (χ0v) is 14.4. The van der Waals surface area contributed by atoms with Gasteiger partial charge < -0.3 is 16.0 Å². The Labute approximate surface area is 138 Å². The predicted octanol–water partition coefficient (Wildman–Crippen LogP) is 0.174. The summed E-state index contributed by atoms with van der Waals surface area (Å²) in [5.41, 5.74) is 4.70. The lowest BCUT2D eigenvalue weighted by molar-refractivity contribution is -0.148. The van der Waals surface area contributed by atoms with Crippen LogP contribution in [-0.2, 0) is 9.59 Å². The standard InChI is InChI=1S/C17H30N4O2/c1-16(2,14(18)22)21-9-7-20(8-10-21)15(23)17-6-4-3-5-13(17)11-19-12-17/h13,19H,3-12H2,1-2H3,(H2,18,22)/t13-,17+/m0/s1. The molecule has 0 unspecified atom stereocenters. The molecule has 3 rings (SSSR count). The molecule has 0 aromatic rings. The SMILES string of the molecule is CC(C)(C(N)=O)N1CCN(C(=O)[C@@]23CCCC[C@H]2CNC3)CC1. The normalized spacial score (nSPS) is 32.6. The minimum absolute atomic E-state index is 0.167. The van der Waals surface area contributed by atoms with E-state index in [1.165, 1.54) is 19.3 Å². The van der Waals surface area contributed by atoms with Crippen LogP contribution < -0.4 is 11.1 Å². The second-order valence-corrected chi connectivity index (χ2v) is 7.93. The monoisotopic (exact) mass is 322 g/mol. The maximum absolute atomic E-state index is 13.2. The Kier molecular flexibility index (Phi) is 4.40. The summed E-state index contributed by atoms with van der Waals surface area (Å²) in [5, 5.41) is 3.45. The first-order chi connectivity index (χ1) is 10.9. The topological polar surface area (TPSA) is 78.7 Å². The molecule has 2 atom stereocenters. The van der Waals surface area contributed by atoms with Gasteiger partial charge in [0.1, 0.15) is 0 Å². The van der Waals surface area contributed by atoms with Crippen LogP contribution in [0.3, 0.4) is 0 Å². The first kappa shape index (κ1) is 16.7. The molecule has 2 heterocycles. The van der Waals surface area contributed by atoms with Crippen LogP contribution in [0.1, 0.15) is 39.5 Å². The number of amides is 2. The smallest absolute Gasteiger partial charge is 0.237 e. The third-order valence-corrected chi connectivity index (χ3v) is 6.42. The summed E-state index contributed by atoms with van der Waals surface area (Å²) in [6.07, 6.45) is 4.62. The molecular formula is C17H30N4O2. The highest BCUT2D eigenvalue weighted by Gasteiger charge is 2.51. The van der Waals surface area contributed by atoms with Crippen molar-refractivity contribution >= 4 is 11.8 Å². The van der Waals surface area contributed by atoms with Gasteiger partial charge in [-0.3, -0.25) is 14.5 Å². The number of carbonyl (C=O) groups is 2. The van der Waals surface area contributed by atoms with Crippen molar-refractivity contribution in [2.75, 3.05) is 39.3 Å². The number of piperazine rings is 1. The van der Waals surface area contributed by atoms with Crippen LogP contribution in [0.15, 0.2) is 0 Å². The van der Waals surface area contributed by atoms with Gasteiger partial charge in [-0.2, -0.15) is 0 Å². The van der Waals surface area contributed by atoms with E-state index in [0.29, 0.717) is 24.9 Å². The van der Waals surface area contributed by atoms with Gasteiger partial charge in [0.05, 0.1) is 11.0 Å². The number of hydrogen-bond acceptors (Lipinski definition) is 4. The van der Waals surface area contributed by atoms with E-state index in [-0.39, 0.29) is 11.3 Å². The maximum atomic E-state index is 13.2. The predicted molar refractivity (Wildman–Crippen MR) is 88.7 cm³/mol. The molecule has 6 nitrogen and oxygen atoms in total. The van der Waals surface area contributed by atoms with E-state index in [1.807, 2.05) is 18.7 Å². The molecule has 1 saturated carbocycles. The Morgan fingerprint density at radius 2 is 1.87 bits per heavy atom. The lowest BCUT2D eigenvalue weighted by atomic mass is 9.67. The third kappa shape index (κ3) is 2.76. The molecule has 0 bridgehead atoms. The van der Waals surface area contributed by atoms with Crippen LogP contribution in [0.4, 0.5) is 0 Å². The van der Waals surface area contributed by atoms with Gasteiger partial charge in [0.15, 0.2) is 0 Å². The molecule has 3 aliphatic rings. The Balaban J connectivity index is 1.66. The van der Waals surface area contributed by atoms with Gasteiger partial charge >= 0.3 is 0 Å². The van der Waals surface area contributed by atoms with Gasteiger partial charge in [0.2, 0.25) is 11.8 Å². The van der Waals surface area contributed by atoms with Crippen molar-refractivity contribution in [3.8, 4) is 0 Å². The van der Waals surface area contributed by atoms with Crippen LogP contribution in [0.5, 0.6) is 0 Å². The average molecular weight is 322 g/mol. The van der Waals surface area contributed by atoms with Crippen LogP contribution >= 0.6 is 0 Å². The van der Waals surface area contributed by atoms with E-state index in [2.05, 4.69) is 10.2 Å². The van der Waals surface area contributed by atoms with Gasteiger partial charge in [-0.25, -0.2) is 0 Å². The fourth-order valence-electron chi connectivity index (χ4n) is 4.61. The molecule has 130 valence electrons. The number of nitrogens with two attached hydrogens (primary N) is 1. The van der Waals surface area contributed by atoms with Gasteiger partial charge in [-0.1, -0.05) is 12.8 Å². The number of carbonyl (C=O) groups excluding carboxylic acids is 2. The Bertz CT molecular complexity index is 485. The van der Waals surface area contributed by atoms with Gasteiger partial charge in [-0.05, 0) is 39.2 Å². The van der Waals surface area contributed by atoms with E-state index >= 15 is 0 Å². The zero-order chi connectivity index (χ0) is 16.7. The minimum atomic E-state index is -0.643. The van der Waals surface area contributed by atoms with Crippen molar-refractivity contribution < 1.29 is 9.59 Å². The van der Waals surface area contributed by atoms with Crippen molar-refractivity contribution in [2.24, 2.45) is 17.1 Å². The van der Waals surface area contributed by atoms with Gasteiger partial charge in [0.25, 0.3) is 0 Å². The summed E-state index contributed by atoms with van der Waals surface area (Å²) in [7, 11) is 0. The first-order valence-electron chi connectivity index (χ1n) is 8.93. The van der Waals surface area contributed by atoms with Crippen molar-refractivity contribution in [3.05, 3.63) is 0 Å². The molecule has 1 aliphatic carbocycles. The summed E-state index contributed by atoms with van der Waals surface area (Å²) < 4.78 is 0. The second kappa shape index (κ2) is 6.06. The highest BCUT2D eigenvalue weighted by atomic mass is 16.2. The van der Waals surface area contributed by atoms with Crippen molar-refractivity contribution in [1.82, 2.24) is 15.1 Å².